The first kappa shape index (κ1) is 18.1. The third-order valence-corrected chi connectivity index (χ3v) is 3.02. The van der Waals surface area contributed by atoms with Crippen LogP contribution in [0.4, 0.5) is 0 Å². The lowest BCUT2D eigenvalue weighted by atomic mass is 10.1. The van der Waals surface area contributed by atoms with Crippen molar-refractivity contribution in [1.82, 2.24) is 15.3 Å². The lowest BCUT2D eigenvalue weighted by molar-refractivity contribution is -0.139. The van der Waals surface area contributed by atoms with Gasteiger partial charge in [-0.05, 0) is 13.3 Å². The molecule has 0 aliphatic heterocycles. The first-order valence-corrected chi connectivity index (χ1v) is 6.98. The molecule has 0 aromatic carbocycles. The number of ether oxygens (including phenoxy) is 1. The van der Waals surface area contributed by atoms with Gasteiger partial charge in [0.2, 0.25) is 5.91 Å². The zero-order valence-electron chi connectivity index (χ0n) is 12.4. The Kier molecular flexibility index (Phi) is 7.50. The highest BCUT2D eigenvalue weighted by Crippen LogP contribution is 2.06. The van der Waals surface area contributed by atoms with Crippen molar-refractivity contribution < 1.29 is 24.5 Å². The summed E-state index contributed by atoms with van der Waals surface area (Å²) < 4.78 is 5.11. The highest BCUT2D eigenvalue weighted by atomic mass is 16.6. The molecular weight excluding hydrogens is 292 g/mol. The average Bonchev–Trinajstić information content (AvgIpc) is 2.97. The topological polar surface area (TPSA) is 151 Å². The molecule has 1 rings (SSSR count). The van der Waals surface area contributed by atoms with Crippen LogP contribution in [0.3, 0.4) is 0 Å². The van der Waals surface area contributed by atoms with Gasteiger partial charge in [-0.1, -0.05) is 0 Å². The number of aliphatic hydroxyl groups is 1. The predicted octanol–water partition coefficient (Wildman–Crippen LogP) is -1.02. The average molecular weight is 314 g/mol. The standard InChI is InChI=1S/C13H22N4O5/c1-2-22-13(21)10(5-8-6-15-7-16-8)17-11(18)4-3-9(14)12(19)20/h6-7,9-10,13,21H,2-5,14H2,1H3,(H,15,16)(H,17,18)(H,19,20). The number of aromatic amines is 1. The number of carboxylic acid groups (broad SMARTS) is 1. The number of nitrogens with one attached hydrogen (secondary N) is 2. The third kappa shape index (κ3) is 6.20. The van der Waals surface area contributed by atoms with Crippen LogP contribution in [-0.2, 0) is 20.7 Å². The molecule has 0 saturated heterocycles. The molecule has 0 spiro atoms. The Morgan fingerprint density at radius 3 is 2.82 bits per heavy atom. The molecule has 0 saturated carbocycles. The second kappa shape index (κ2) is 9.13. The largest absolute Gasteiger partial charge is 0.480 e. The van der Waals surface area contributed by atoms with Crippen molar-refractivity contribution in [3.8, 4) is 0 Å². The van der Waals surface area contributed by atoms with E-state index in [1.165, 1.54) is 6.33 Å². The molecule has 22 heavy (non-hydrogen) atoms. The number of nitrogens with two attached hydrogens (primary N) is 1. The minimum atomic E-state index is -1.18. The van der Waals surface area contributed by atoms with Crippen LogP contribution >= 0.6 is 0 Å². The quantitative estimate of drug-likeness (QED) is 0.347. The number of nitrogens with zero attached hydrogens (tertiary/aromatic N) is 1. The zero-order chi connectivity index (χ0) is 16.5. The number of H-pyrrole nitrogens is 1. The first-order valence-electron chi connectivity index (χ1n) is 6.98. The number of imidazole rings is 1. The Hall–Kier alpha value is -1.97. The maximum atomic E-state index is 11.9. The van der Waals surface area contributed by atoms with Crippen molar-refractivity contribution in [3.63, 3.8) is 0 Å². The van der Waals surface area contributed by atoms with Gasteiger partial charge in [0.15, 0.2) is 6.29 Å². The Balaban J connectivity index is 2.55. The fourth-order valence-electron chi connectivity index (χ4n) is 1.83. The van der Waals surface area contributed by atoms with Crippen molar-refractivity contribution in [2.24, 2.45) is 5.73 Å². The van der Waals surface area contributed by atoms with E-state index in [0.717, 1.165) is 5.69 Å². The Bertz CT molecular complexity index is 465. The number of hydrogen-bond acceptors (Lipinski definition) is 6. The number of carbonyl (C=O) groups excluding carboxylic acids is 1. The zero-order valence-corrected chi connectivity index (χ0v) is 12.4. The van der Waals surface area contributed by atoms with Crippen LogP contribution < -0.4 is 11.1 Å². The molecular formula is C13H22N4O5. The van der Waals surface area contributed by atoms with Gasteiger partial charge in [0.25, 0.3) is 0 Å². The Morgan fingerprint density at radius 1 is 1.55 bits per heavy atom. The third-order valence-electron chi connectivity index (χ3n) is 3.02. The maximum Gasteiger partial charge on any atom is 0.320 e. The molecule has 0 radical (unpaired) electrons. The van der Waals surface area contributed by atoms with Crippen LogP contribution in [0.1, 0.15) is 25.5 Å². The van der Waals surface area contributed by atoms with E-state index in [1.54, 1.807) is 13.1 Å². The van der Waals surface area contributed by atoms with E-state index >= 15 is 0 Å². The minimum Gasteiger partial charge on any atom is -0.480 e. The van der Waals surface area contributed by atoms with Crippen LogP contribution in [-0.4, -0.2) is 57.0 Å². The van der Waals surface area contributed by atoms with Gasteiger partial charge >= 0.3 is 5.97 Å². The predicted molar refractivity (Wildman–Crippen MR) is 76.7 cm³/mol. The molecule has 3 unspecified atom stereocenters. The number of rotatable bonds is 10. The smallest absolute Gasteiger partial charge is 0.320 e. The van der Waals surface area contributed by atoms with E-state index in [9.17, 15) is 14.7 Å². The van der Waals surface area contributed by atoms with Crippen LogP contribution in [0.5, 0.6) is 0 Å². The summed E-state index contributed by atoms with van der Waals surface area (Å²) in [5, 5.41) is 21.2. The summed E-state index contributed by atoms with van der Waals surface area (Å²) in [7, 11) is 0. The second-order valence-electron chi connectivity index (χ2n) is 4.78. The van der Waals surface area contributed by atoms with Gasteiger partial charge in [-0.3, -0.25) is 9.59 Å². The van der Waals surface area contributed by atoms with Crippen molar-refractivity contribution >= 4 is 11.9 Å². The van der Waals surface area contributed by atoms with Gasteiger partial charge in [0.05, 0.1) is 12.4 Å². The van der Waals surface area contributed by atoms with Crippen LogP contribution in [0, 0.1) is 0 Å². The van der Waals surface area contributed by atoms with Crippen molar-refractivity contribution in [2.45, 2.75) is 44.6 Å². The second-order valence-corrected chi connectivity index (χ2v) is 4.78. The van der Waals surface area contributed by atoms with Crippen LogP contribution in [0.15, 0.2) is 12.5 Å². The van der Waals surface area contributed by atoms with Gasteiger partial charge in [0, 0.05) is 31.3 Å². The monoisotopic (exact) mass is 314 g/mol. The van der Waals surface area contributed by atoms with E-state index in [0.29, 0.717) is 13.0 Å². The molecule has 9 nitrogen and oxygen atoms in total. The van der Waals surface area contributed by atoms with Gasteiger partial charge in [-0.15, -0.1) is 0 Å². The highest BCUT2D eigenvalue weighted by Gasteiger charge is 2.23. The van der Waals surface area contributed by atoms with E-state index < -0.39 is 30.3 Å². The molecule has 0 aliphatic rings. The van der Waals surface area contributed by atoms with Gasteiger partial charge < -0.3 is 31.0 Å². The lowest BCUT2D eigenvalue weighted by Gasteiger charge is -2.23. The summed E-state index contributed by atoms with van der Waals surface area (Å²) in [4.78, 5) is 29.2. The molecule has 124 valence electrons. The number of carboxylic acids is 1. The fourth-order valence-corrected chi connectivity index (χ4v) is 1.83. The van der Waals surface area contributed by atoms with E-state index in [4.69, 9.17) is 15.6 Å². The summed E-state index contributed by atoms with van der Waals surface area (Å²) in [5.41, 5.74) is 6.07. The fraction of sp³-hybridized carbons (Fsp3) is 0.615. The number of aromatic nitrogens is 2. The summed E-state index contributed by atoms with van der Waals surface area (Å²) in [5.74, 6) is -1.56. The van der Waals surface area contributed by atoms with E-state index in [-0.39, 0.29) is 12.8 Å². The SMILES string of the molecule is CCOC(O)C(Cc1cnc[nH]1)NC(=O)CCC(N)C(=O)O. The number of aliphatic carboxylic acids is 1. The molecule has 9 heteroatoms. The van der Waals surface area contributed by atoms with Crippen LogP contribution in [0.25, 0.3) is 0 Å². The Labute approximate surface area is 127 Å². The molecule has 1 aromatic rings. The van der Waals surface area contributed by atoms with Gasteiger partial charge in [-0.25, -0.2) is 4.98 Å². The molecule has 0 bridgehead atoms. The van der Waals surface area contributed by atoms with E-state index in [2.05, 4.69) is 15.3 Å². The minimum absolute atomic E-state index is 0.0165. The summed E-state index contributed by atoms with van der Waals surface area (Å²) in [6.07, 6.45) is 2.17. The molecule has 6 N–H and O–H groups in total. The van der Waals surface area contributed by atoms with Crippen molar-refractivity contribution in [1.29, 1.82) is 0 Å². The summed E-state index contributed by atoms with van der Waals surface area (Å²) in [6.45, 7) is 2.02. The lowest BCUT2D eigenvalue weighted by Crippen LogP contribution is -2.46. The number of carbonyl (C=O) groups is 2. The maximum absolute atomic E-state index is 11.9. The van der Waals surface area contributed by atoms with E-state index in [1.807, 2.05) is 0 Å². The van der Waals surface area contributed by atoms with Gasteiger partial charge in [-0.2, -0.15) is 0 Å². The first-order chi connectivity index (χ1) is 10.4. The molecule has 0 fully saturated rings. The molecule has 0 aliphatic carbocycles. The van der Waals surface area contributed by atoms with Gasteiger partial charge in [0.1, 0.15) is 6.04 Å². The molecule has 1 aromatic heterocycles. The number of aliphatic hydroxyl groups excluding tert-OH is 1. The molecule has 1 heterocycles. The number of amides is 1. The summed E-state index contributed by atoms with van der Waals surface area (Å²) >= 11 is 0. The van der Waals surface area contributed by atoms with Crippen LogP contribution in [0.2, 0.25) is 0 Å². The number of hydrogen-bond donors (Lipinski definition) is 5. The van der Waals surface area contributed by atoms with Crippen molar-refractivity contribution in [2.75, 3.05) is 6.61 Å². The molecule has 1 amide bonds. The molecule has 3 atom stereocenters. The van der Waals surface area contributed by atoms with Crippen molar-refractivity contribution in [3.05, 3.63) is 18.2 Å². The highest BCUT2D eigenvalue weighted by molar-refractivity contribution is 5.78. The summed E-state index contributed by atoms with van der Waals surface area (Å²) in [6, 6.07) is -1.76. The Morgan fingerprint density at radius 2 is 2.27 bits per heavy atom. The normalized spacial score (nSPS) is 15.0.